The largest absolute Gasteiger partial charge is 0.356 e. The van der Waals surface area contributed by atoms with Gasteiger partial charge in [0.1, 0.15) is 6.17 Å². The Bertz CT molecular complexity index is 460. The van der Waals surface area contributed by atoms with Gasteiger partial charge in [0.2, 0.25) is 0 Å². The van der Waals surface area contributed by atoms with Crippen molar-refractivity contribution in [3.8, 4) is 0 Å². The van der Waals surface area contributed by atoms with Gasteiger partial charge in [0.25, 0.3) is 0 Å². The molecule has 0 spiro atoms. The molecule has 1 unspecified atom stereocenters. The first-order valence-corrected chi connectivity index (χ1v) is 17.0. The molecule has 0 aromatic carbocycles. The Labute approximate surface area is 229 Å². The molecule has 214 valence electrons. The Balaban J connectivity index is 1.96. The van der Waals surface area contributed by atoms with E-state index in [0.717, 1.165) is 6.54 Å². The zero-order valence-corrected chi connectivity index (χ0v) is 25.4. The lowest BCUT2D eigenvalue weighted by atomic mass is 10.0. The average molecular weight is 505 g/mol. The van der Waals surface area contributed by atoms with E-state index < -0.39 is 0 Å². The highest BCUT2D eigenvalue weighted by atomic mass is 15.4. The van der Waals surface area contributed by atoms with Crippen LogP contribution in [0.4, 0.5) is 0 Å². The molecular formula is C34H68N2. The van der Waals surface area contributed by atoms with E-state index in [9.17, 15) is 0 Å². The Morgan fingerprint density at radius 1 is 0.389 bits per heavy atom. The van der Waals surface area contributed by atoms with Gasteiger partial charge in [-0.25, -0.2) is 0 Å². The topological polar surface area (TPSA) is 6.48 Å². The molecule has 0 saturated carbocycles. The highest BCUT2D eigenvalue weighted by Crippen LogP contribution is 2.23. The summed E-state index contributed by atoms with van der Waals surface area (Å²) in [5.41, 5.74) is 0. The summed E-state index contributed by atoms with van der Waals surface area (Å²) in [6, 6.07) is 0. The summed E-state index contributed by atoms with van der Waals surface area (Å²) in [4.78, 5) is 5.22. The van der Waals surface area contributed by atoms with Gasteiger partial charge in [0.05, 0.1) is 0 Å². The Morgan fingerprint density at radius 2 is 0.722 bits per heavy atom. The molecule has 2 nitrogen and oxygen atoms in total. The fourth-order valence-corrected chi connectivity index (χ4v) is 5.91. The Hall–Kier alpha value is -0.660. The molecule has 0 aromatic heterocycles. The predicted octanol–water partition coefficient (Wildman–Crippen LogP) is 11.6. The van der Waals surface area contributed by atoms with E-state index >= 15 is 0 Å². The third-order valence-corrected chi connectivity index (χ3v) is 8.42. The second-order valence-electron chi connectivity index (χ2n) is 11.8. The van der Waals surface area contributed by atoms with Gasteiger partial charge >= 0.3 is 0 Å². The molecule has 1 rings (SSSR count). The van der Waals surface area contributed by atoms with Gasteiger partial charge in [0, 0.05) is 25.5 Å². The number of unbranched alkanes of at least 4 members (excludes halogenated alkanes) is 23. The number of hydrogen-bond acceptors (Lipinski definition) is 2. The molecule has 0 aromatic rings. The van der Waals surface area contributed by atoms with E-state index in [1.165, 1.54) is 173 Å². The normalized spacial score (nSPS) is 15.5. The second kappa shape index (κ2) is 26.0. The maximum atomic E-state index is 2.65. The summed E-state index contributed by atoms with van der Waals surface area (Å²) in [7, 11) is 0. The molecule has 0 bridgehead atoms. The van der Waals surface area contributed by atoms with Crippen molar-refractivity contribution in [2.24, 2.45) is 0 Å². The highest BCUT2D eigenvalue weighted by Gasteiger charge is 2.23. The van der Waals surface area contributed by atoms with Crippen molar-refractivity contribution in [3.63, 3.8) is 0 Å². The van der Waals surface area contributed by atoms with Crippen LogP contribution in [0.2, 0.25) is 0 Å². The molecule has 0 aliphatic carbocycles. The van der Waals surface area contributed by atoms with E-state index in [1.54, 1.807) is 0 Å². The van der Waals surface area contributed by atoms with Crippen molar-refractivity contribution in [1.82, 2.24) is 9.80 Å². The van der Waals surface area contributed by atoms with Crippen molar-refractivity contribution < 1.29 is 0 Å². The molecule has 0 saturated heterocycles. The molecule has 36 heavy (non-hydrogen) atoms. The van der Waals surface area contributed by atoms with Crippen LogP contribution < -0.4 is 0 Å². The fourth-order valence-electron chi connectivity index (χ4n) is 5.91. The van der Waals surface area contributed by atoms with E-state index in [-0.39, 0.29) is 0 Å². The molecule has 1 heterocycles. The van der Waals surface area contributed by atoms with Crippen LogP contribution in [0.15, 0.2) is 12.4 Å². The van der Waals surface area contributed by atoms with E-state index in [1.807, 2.05) is 0 Å². The summed E-state index contributed by atoms with van der Waals surface area (Å²) >= 11 is 0. The summed E-state index contributed by atoms with van der Waals surface area (Å²) in [5, 5.41) is 0. The number of hydrogen-bond donors (Lipinski definition) is 0. The predicted molar refractivity (Wildman–Crippen MR) is 163 cm³/mol. The van der Waals surface area contributed by atoms with Crippen molar-refractivity contribution in [2.45, 2.75) is 194 Å². The molecule has 1 atom stereocenters. The Morgan fingerprint density at radius 3 is 1.11 bits per heavy atom. The van der Waals surface area contributed by atoms with Crippen LogP contribution in [0, 0.1) is 0 Å². The van der Waals surface area contributed by atoms with Crippen LogP contribution in [-0.4, -0.2) is 29.1 Å². The van der Waals surface area contributed by atoms with E-state index in [2.05, 4.69) is 43.0 Å². The molecular weight excluding hydrogens is 436 g/mol. The van der Waals surface area contributed by atoms with Gasteiger partial charge < -0.3 is 9.80 Å². The van der Waals surface area contributed by atoms with Gasteiger partial charge in [-0.05, 0) is 26.2 Å². The summed E-state index contributed by atoms with van der Waals surface area (Å²) < 4.78 is 0. The van der Waals surface area contributed by atoms with Gasteiger partial charge in [-0.2, -0.15) is 0 Å². The Kier molecular flexibility index (Phi) is 24.1. The fraction of sp³-hybridized carbons (Fsp3) is 0.941. The first-order valence-electron chi connectivity index (χ1n) is 17.0. The lowest BCUT2D eigenvalue weighted by molar-refractivity contribution is 0.142. The molecule has 1 aliphatic heterocycles. The maximum absolute atomic E-state index is 2.65. The van der Waals surface area contributed by atoms with Crippen molar-refractivity contribution in [2.75, 3.05) is 13.1 Å². The number of nitrogens with zero attached hydrogens (tertiary/aromatic N) is 2. The molecule has 0 amide bonds. The van der Waals surface area contributed by atoms with Crippen molar-refractivity contribution in [3.05, 3.63) is 12.4 Å². The molecule has 0 N–H and O–H groups in total. The van der Waals surface area contributed by atoms with Crippen LogP contribution in [-0.2, 0) is 0 Å². The van der Waals surface area contributed by atoms with Gasteiger partial charge in [-0.15, -0.1) is 0 Å². The lowest BCUT2D eigenvalue weighted by Crippen LogP contribution is -2.38. The lowest BCUT2D eigenvalue weighted by Gasteiger charge is -2.32. The van der Waals surface area contributed by atoms with Gasteiger partial charge in [-0.3, -0.25) is 0 Å². The molecule has 2 heteroatoms. The van der Waals surface area contributed by atoms with Gasteiger partial charge in [-0.1, -0.05) is 162 Å². The standard InChI is InChI=1S/C34H68N2/c1-4-7-9-11-13-15-17-19-20-22-24-26-28-30-34-35(6-3)32-33-36(34)31-29-27-25-23-21-18-16-14-12-10-8-5-2/h32-34H,4-31H2,1-3H3. The van der Waals surface area contributed by atoms with E-state index in [0.29, 0.717) is 6.17 Å². The van der Waals surface area contributed by atoms with Crippen LogP contribution in [0.25, 0.3) is 0 Å². The first kappa shape index (κ1) is 33.4. The minimum atomic E-state index is 0.635. The summed E-state index contributed by atoms with van der Waals surface area (Å²) in [5.74, 6) is 0. The van der Waals surface area contributed by atoms with Crippen LogP contribution in [0.3, 0.4) is 0 Å². The highest BCUT2D eigenvalue weighted by molar-refractivity contribution is 4.96. The minimum absolute atomic E-state index is 0.635. The maximum Gasteiger partial charge on any atom is 0.101 e. The van der Waals surface area contributed by atoms with Crippen LogP contribution >= 0.6 is 0 Å². The zero-order valence-electron chi connectivity index (χ0n) is 25.4. The van der Waals surface area contributed by atoms with Crippen molar-refractivity contribution in [1.29, 1.82) is 0 Å². The molecule has 1 aliphatic rings. The zero-order chi connectivity index (χ0) is 25.9. The van der Waals surface area contributed by atoms with Crippen LogP contribution in [0.1, 0.15) is 188 Å². The van der Waals surface area contributed by atoms with Crippen LogP contribution in [0.5, 0.6) is 0 Å². The van der Waals surface area contributed by atoms with E-state index in [4.69, 9.17) is 0 Å². The quantitative estimate of drug-likeness (QED) is 0.0977. The first-order chi connectivity index (χ1) is 17.8. The minimum Gasteiger partial charge on any atom is -0.356 e. The molecule has 0 fully saturated rings. The van der Waals surface area contributed by atoms with Crippen molar-refractivity contribution >= 4 is 0 Å². The SMILES string of the molecule is CCCCCCCCCCCCCCCC1N(CC)C=CN1CCCCCCCCCCCCCC. The molecule has 0 radical (unpaired) electrons. The second-order valence-corrected chi connectivity index (χ2v) is 11.8. The summed E-state index contributed by atoms with van der Waals surface area (Å²) in [6.45, 7) is 9.33. The summed E-state index contributed by atoms with van der Waals surface area (Å²) in [6.07, 6.45) is 42.8. The third kappa shape index (κ3) is 18.6. The smallest absolute Gasteiger partial charge is 0.101 e. The monoisotopic (exact) mass is 505 g/mol. The van der Waals surface area contributed by atoms with Gasteiger partial charge in [0.15, 0.2) is 0 Å². The number of rotatable bonds is 28. The average Bonchev–Trinajstić information content (AvgIpc) is 3.29. The third-order valence-electron chi connectivity index (χ3n) is 8.42.